The maximum absolute atomic E-state index is 11.6. The topological polar surface area (TPSA) is 88.7 Å². The molecule has 7 heteroatoms. The van der Waals surface area contributed by atoms with Crippen LogP contribution in [-0.4, -0.2) is 56.5 Å². The fraction of sp³-hybridized carbons (Fsp3) is 0.857. The Morgan fingerprint density at radius 3 is 2.43 bits per heavy atom. The van der Waals surface area contributed by atoms with Gasteiger partial charge < -0.3 is 25.4 Å². The van der Waals surface area contributed by atoms with Gasteiger partial charge >= 0.3 is 6.09 Å². The van der Waals surface area contributed by atoms with Gasteiger partial charge in [-0.3, -0.25) is 4.79 Å². The second kappa shape index (κ2) is 8.19. The van der Waals surface area contributed by atoms with Gasteiger partial charge in [-0.15, -0.1) is 0 Å². The van der Waals surface area contributed by atoms with Crippen molar-refractivity contribution in [3.63, 3.8) is 0 Å². The summed E-state index contributed by atoms with van der Waals surface area (Å²) in [7, 11) is 1.59. The van der Waals surface area contributed by atoms with Crippen LogP contribution >= 0.6 is 0 Å². The van der Waals surface area contributed by atoms with E-state index in [4.69, 9.17) is 9.47 Å². The first-order valence-corrected chi connectivity index (χ1v) is 7.28. The summed E-state index contributed by atoms with van der Waals surface area (Å²) >= 11 is 0. The number of alkyl carbamates (subject to hydrolysis) is 1. The summed E-state index contributed by atoms with van der Waals surface area (Å²) in [5.41, 5.74) is -0.480. The number of rotatable bonds is 7. The molecule has 0 unspecified atom stereocenters. The van der Waals surface area contributed by atoms with E-state index in [-0.39, 0.29) is 30.6 Å². The van der Waals surface area contributed by atoms with Crippen LogP contribution in [0.25, 0.3) is 0 Å². The van der Waals surface area contributed by atoms with Crippen molar-refractivity contribution in [3.8, 4) is 0 Å². The maximum Gasteiger partial charge on any atom is 0.407 e. The van der Waals surface area contributed by atoms with Gasteiger partial charge in [0.2, 0.25) is 5.91 Å². The summed E-state index contributed by atoms with van der Waals surface area (Å²) in [6.07, 6.45) is 1.23. The third-order valence-electron chi connectivity index (χ3n) is 3.04. The first-order chi connectivity index (χ1) is 9.80. The molecule has 0 radical (unpaired) electrons. The molecule has 0 atom stereocenters. The molecule has 0 bridgehead atoms. The highest BCUT2D eigenvalue weighted by Crippen LogP contribution is 2.20. The highest BCUT2D eigenvalue weighted by molar-refractivity contribution is 5.78. The number of amides is 2. The minimum absolute atomic E-state index is 0.0457. The van der Waals surface area contributed by atoms with Crippen LogP contribution < -0.4 is 16.0 Å². The van der Waals surface area contributed by atoms with Crippen molar-refractivity contribution in [2.75, 3.05) is 26.8 Å². The molecular weight excluding hydrogens is 274 g/mol. The smallest absolute Gasteiger partial charge is 0.407 e. The Bertz CT molecular complexity index is 349. The van der Waals surface area contributed by atoms with Gasteiger partial charge in [0.15, 0.2) is 0 Å². The minimum atomic E-state index is -0.480. The maximum atomic E-state index is 11.6. The third kappa shape index (κ3) is 7.87. The SMILES string of the molecule is COCCNC(=O)CNC1CC(NC(=O)OC(C)(C)C)C1. The van der Waals surface area contributed by atoms with Gasteiger partial charge in [0.05, 0.1) is 13.2 Å². The zero-order chi connectivity index (χ0) is 15.9. The van der Waals surface area contributed by atoms with Crippen LogP contribution in [0.4, 0.5) is 4.79 Å². The quantitative estimate of drug-likeness (QED) is 0.592. The second-order valence-electron chi connectivity index (χ2n) is 6.24. The molecule has 0 spiro atoms. The Balaban J connectivity index is 2.06. The van der Waals surface area contributed by atoms with Crippen LogP contribution in [0.3, 0.4) is 0 Å². The predicted molar refractivity (Wildman–Crippen MR) is 79.1 cm³/mol. The number of carbonyl (C=O) groups excluding carboxylic acids is 2. The predicted octanol–water partition coefficient (Wildman–Crippen LogP) is 0.394. The summed E-state index contributed by atoms with van der Waals surface area (Å²) in [5, 5.41) is 8.71. The second-order valence-corrected chi connectivity index (χ2v) is 6.24. The molecule has 21 heavy (non-hydrogen) atoms. The van der Waals surface area contributed by atoms with E-state index in [1.165, 1.54) is 0 Å². The number of hydrogen-bond donors (Lipinski definition) is 3. The number of methoxy groups -OCH3 is 1. The molecule has 0 aromatic carbocycles. The summed E-state index contributed by atoms with van der Waals surface area (Å²) in [6.45, 7) is 6.81. The molecule has 0 aliphatic heterocycles. The lowest BCUT2D eigenvalue weighted by atomic mass is 9.87. The minimum Gasteiger partial charge on any atom is -0.444 e. The number of carbonyl (C=O) groups is 2. The fourth-order valence-corrected chi connectivity index (χ4v) is 1.97. The molecule has 2 amide bonds. The van der Waals surface area contributed by atoms with Crippen molar-refractivity contribution < 1.29 is 19.1 Å². The van der Waals surface area contributed by atoms with E-state index < -0.39 is 5.60 Å². The van der Waals surface area contributed by atoms with E-state index >= 15 is 0 Å². The monoisotopic (exact) mass is 301 g/mol. The molecule has 0 heterocycles. The standard InChI is InChI=1S/C14H27N3O4/c1-14(2,3)21-13(19)17-11-7-10(8-11)16-9-12(18)15-5-6-20-4/h10-11,16H,5-9H2,1-4H3,(H,15,18)(H,17,19). The van der Waals surface area contributed by atoms with Crippen molar-refractivity contribution in [2.45, 2.75) is 51.3 Å². The first-order valence-electron chi connectivity index (χ1n) is 7.28. The fourth-order valence-electron chi connectivity index (χ4n) is 1.97. The van der Waals surface area contributed by atoms with Crippen molar-refractivity contribution >= 4 is 12.0 Å². The van der Waals surface area contributed by atoms with Crippen LogP contribution in [0, 0.1) is 0 Å². The van der Waals surface area contributed by atoms with Gasteiger partial charge in [-0.2, -0.15) is 0 Å². The largest absolute Gasteiger partial charge is 0.444 e. The summed E-state index contributed by atoms with van der Waals surface area (Å²) < 4.78 is 10.0. The zero-order valence-corrected chi connectivity index (χ0v) is 13.3. The molecule has 1 aliphatic rings. The molecule has 1 fully saturated rings. The van der Waals surface area contributed by atoms with E-state index in [9.17, 15) is 9.59 Å². The summed E-state index contributed by atoms with van der Waals surface area (Å²) in [6, 6.07) is 0.381. The average molecular weight is 301 g/mol. The summed E-state index contributed by atoms with van der Waals surface area (Å²) in [5.74, 6) is -0.0457. The number of hydrogen-bond acceptors (Lipinski definition) is 5. The lowest BCUT2D eigenvalue weighted by Crippen LogP contribution is -2.54. The molecule has 0 aromatic heterocycles. The number of nitrogens with one attached hydrogen (secondary N) is 3. The Morgan fingerprint density at radius 1 is 1.19 bits per heavy atom. The molecular formula is C14H27N3O4. The van der Waals surface area contributed by atoms with Crippen LogP contribution in [0.2, 0.25) is 0 Å². The van der Waals surface area contributed by atoms with Crippen molar-refractivity contribution in [3.05, 3.63) is 0 Å². The highest BCUT2D eigenvalue weighted by Gasteiger charge is 2.31. The van der Waals surface area contributed by atoms with Gasteiger partial charge in [0.1, 0.15) is 5.60 Å². The van der Waals surface area contributed by atoms with Crippen molar-refractivity contribution in [1.29, 1.82) is 0 Å². The normalized spacial score (nSPS) is 21.3. The molecule has 0 aromatic rings. The molecule has 1 saturated carbocycles. The molecule has 1 aliphatic carbocycles. The van der Waals surface area contributed by atoms with Crippen LogP contribution in [0.5, 0.6) is 0 Å². The van der Waals surface area contributed by atoms with E-state index in [2.05, 4.69) is 16.0 Å². The average Bonchev–Trinajstić information content (AvgIpc) is 2.29. The Kier molecular flexibility index (Phi) is 6.91. The van der Waals surface area contributed by atoms with E-state index in [1.807, 2.05) is 20.8 Å². The third-order valence-corrected chi connectivity index (χ3v) is 3.04. The molecule has 3 N–H and O–H groups in total. The Labute approximate surface area is 126 Å². The molecule has 0 saturated heterocycles. The van der Waals surface area contributed by atoms with Crippen molar-refractivity contribution in [2.24, 2.45) is 0 Å². The van der Waals surface area contributed by atoms with Crippen LogP contribution in [0.15, 0.2) is 0 Å². The van der Waals surface area contributed by atoms with Crippen LogP contribution in [0.1, 0.15) is 33.6 Å². The lowest BCUT2D eigenvalue weighted by Gasteiger charge is -2.36. The lowest BCUT2D eigenvalue weighted by molar-refractivity contribution is -0.120. The van der Waals surface area contributed by atoms with E-state index in [0.717, 1.165) is 12.8 Å². The van der Waals surface area contributed by atoms with Crippen molar-refractivity contribution in [1.82, 2.24) is 16.0 Å². The van der Waals surface area contributed by atoms with Gasteiger partial charge in [0, 0.05) is 25.7 Å². The molecule has 1 rings (SSSR count). The highest BCUT2D eigenvalue weighted by atomic mass is 16.6. The van der Waals surface area contributed by atoms with Gasteiger partial charge in [0.25, 0.3) is 0 Å². The molecule has 7 nitrogen and oxygen atoms in total. The Hall–Kier alpha value is -1.34. The van der Waals surface area contributed by atoms with E-state index in [1.54, 1.807) is 7.11 Å². The summed E-state index contributed by atoms with van der Waals surface area (Å²) in [4.78, 5) is 23.0. The number of ether oxygens (including phenoxy) is 2. The van der Waals surface area contributed by atoms with Gasteiger partial charge in [-0.1, -0.05) is 0 Å². The first kappa shape index (κ1) is 17.7. The zero-order valence-electron chi connectivity index (χ0n) is 13.3. The van der Waals surface area contributed by atoms with Gasteiger partial charge in [-0.05, 0) is 33.6 Å². The Morgan fingerprint density at radius 2 is 1.86 bits per heavy atom. The van der Waals surface area contributed by atoms with E-state index in [0.29, 0.717) is 13.2 Å². The molecule has 122 valence electrons. The van der Waals surface area contributed by atoms with Crippen LogP contribution in [-0.2, 0) is 14.3 Å². The van der Waals surface area contributed by atoms with Gasteiger partial charge in [-0.25, -0.2) is 4.79 Å².